The molecule has 0 saturated carbocycles. The zero-order valence-electron chi connectivity index (χ0n) is 17.4. The van der Waals surface area contributed by atoms with Crippen molar-refractivity contribution in [2.24, 2.45) is 10.7 Å². The summed E-state index contributed by atoms with van der Waals surface area (Å²) in [6, 6.07) is 5.31. The first-order valence-electron chi connectivity index (χ1n) is 9.56. The number of hydrogen-bond donors (Lipinski definition) is 3. The summed E-state index contributed by atoms with van der Waals surface area (Å²) in [5.41, 5.74) is 7.22. The lowest BCUT2D eigenvalue weighted by atomic mass is 10.1. The summed E-state index contributed by atoms with van der Waals surface area (Å²) in [6.45, 7) is 6.32. The molecule has 0 unspecified atom stereocenters. The number of benzene rings is 1. The van der Waals surface area contributed by atoms with E-state index in [9.17, 15) is 9.59 Å². The van der Waals surface area contributed by atoms with E-state index in [1.54, 1.807) is 39.0 Å². The molecule has 9 heteroatoms. The predicted molar refractivity (Wildman–Crippen MR) is 121 cm³/mol. The molecule has 164 valence electrons. The highest BCUT2D eigenvalue weighted by Crippen LogP contribution is 2.22. The van der Waals surface area contributed by atoms with Gasteiger partial charge in [0.25, 0.3) is 5.91 Å². The summed E-state index contributed by atoms with van der Waals surface area (Å²) >= 11 is 12.0. The number of esters is 1. The van der Waals surface area contributed by atoms with Gasteiger partial charge in [-0.15, -0.1) is 0 Å². The second-order valence-electron chi connectivity index (χ2n) is 6.25. The van der Waals surface area contributed by atoms with Crippen molar-refractivity contribution in [3.05, 3.63) is 57.5 Å². The van der Waals surface area contributed by atoms with E-state index in [-0.39, 0.29) is 18.1 Å². The van der Waals surface area contributed by atoms with E-state index in [0.29, 0.717) is 47.6 Å². The molecule has 0 aliphatic carbocycles. The molecule has 0 saturated heterocycles. The maximum atomic E-state index is 12.7. The van der Waals surface area contributed by atoms with Crippen molar-refractivity contribution in [2.45, 2.75) is 40.2 Å². The average Bonchev–Trinajstić information content (AvgIpc) is 2.72. The normalized spacial score (nSPS) is 12.5. The second-order valence-corrected chi connectivity index (χ2v) is 7.06. The summed E-state index contributed by atoms with van der Waals surface area (Å²) < 4.78 is 4.88. The lowest BCUT2D eigenvalue weighted by Crippen LogP contribution is -2.36. The minimum absolute atomic E-state index is 0.206. The van der Waals surface area contributed by atoms with Gasteiger partial charge in [-0.3, -0.25) is 14.6 Å². The fourth-order valence-electron chi connectivity index (χ4n) is 2.35. The highest BCUT2D eigenvalue weighted by atomic mass is 35.5. The summed E-state index contributed by atoms with van der Waals surface area (Å²) in [4.78, 5) is 28.4. The Morgan fingerprint density at radius 1 is 1.27 bits per heavy atom. The zero-order valence-corrected chi connectivity index (χ0v) is 18.9. The molecule has 1 aromatic rings. The number of nitrogens with two attached hydrogens (primary N) is 1. The maximum absolute atomic E-state index is 12.7. The van der Waals surface area contributed by atoms with E-state index in [2.05, 4.69) is 15.6 Å². The Balaban J connectivity index is 2.72. The first-order chi connectivity index (χ1) is 14.3. The molecular weight excluding hydrogens is 427 g/mol. The van der Waals surface area contributed by atoms with Crippen molar-refractivity contribution in [1.29, 1.82) is 0 Å². The molecule has 1 rings (SSSR count). The fourth-order valence-corrected chi connectivity index (χ4v) is 2.67. The van der Waals surface area contributed by atoms with Crippen molar-refractivity contribution in [2.75, 3.05) is 13.2 Å². The van der Waals surface area contributed by atoms with E-state index < -0.39 is 5.91 Å². The van der Waals surface area contributed by atoms with Crippen molar-refractivity contribution in [1.82, 2.24) is 10.6 Å². The number of nitrogens with one attached hydrogen (secondary N) is 2. The minimum atomic E-state index is -0.403. The van der Waals surface area contributed by atoms with Gasteiger partial charge >= 0.3 is 5.97 Å². The minimum Gasteiger partial charge on any atom is -0.466 e. The van der Waals surface area contributed by atoms with Gasteiger partial charge in [-0.1, -0.05) is 29.3 Å². The third kappa shape index (κ3) is 8.88. The van der Waals surface area contributed by atoms with Crippen LogP contribution in [-0.4, -0.2) is 30.7 Å². The largest absolute Gasteiger partial charge is 0.466 e. The number of hydrogen-bond acceptors (Lipinski definition) is 6. The molecule has 0 bridgehead atoms. The van der Waals surface area contributed by atoms with Crippen molar-refractivity contribution < 1.29 is 14.3 Å². The smallest absolute Gasteiger partial charge is 0.305 e. The van der Waals surface area contributed by atoms with Gasteiger partial charge in [0, 0.05) is 19.5 Å². The third-order valence-corrected chi connectivity index (χ3v) is 4.70. The molecule has 0 aliphatic rings. The highest BCUT2D eigenvalue weighted by Gasteiger charge is 2.15. The summed E-state index contributed by atoms with van der Waals surface area (Å²) in [7, 11) is 0. The van der Waals surface area contributed by atoms with Crippen molar-refractivity contribution >= 4 is 40.8 Å². The number of carbonyl (C=O) groups excluding carboxylic acids is 2. The molecule has 0 aliphatic heterocycles. The quantitative estimate of drug-likeness (QED) is 0.268. The van der Waals surface area contributed by atoms with Crippen LogP contribution in [0, 0.1) is 0 Å². The molecule has 1 amide bonds. The van der Waals surface area contributed by atoms with Crippen LogP contribution < -0.4 is 16.4 Å². The summed E-state index contributed by atoms with van der Waals surface area (Å²) in [6.07, 6.45) is 3.76. The molecule has 0 fully saturated rings. The molecule has 7 nitrogen and oxygen atoms in total. The molecule has 0 atom stereocenters. The summed E-state index contributed by atoms with van der Waals surface area (Å²) in [5, 5.41) is 6.85. The molecule has 1 aromatic carbocycles. The number of nitrogens with zero attached hydrogens (tertiary/aromatic N) is 1. The fraction of sp³-hybridized carbons (Fsp3) is 0.381. The van der Waals surface area contributed by atoms with Gasteiger partial charge in [0.2, 0.25) is 0 Å². The van der Waals surface area contributed by atoms with Crippen LogP contribution in [0.15, 0.2) is 46.9 Å². The van der Waals surface area contributed by atoms with Crippen LogP contribution in [0.1, 0.15) is 39.2 Å². The van der Waals surface area contributed by atoms with Crippen molar-refractivity contribution in [3.8, 4) is 0 Å². The van der Waals surface area contributed by atoms with Gasteiger partial charge < -0.3 is 21.1 Å². The van der Waals surface area contributed by atoms with Gasteiger partial charge in [-0.25, -0.2) is 0 Å². The number of ether oxygens (including phenoxy) is 1. The molecule has 0 spiro atoms. The van der Waals surface area contributed by atoms with Gasteiger partial charge in [-0.2, -0.15) is 0 Å². The Morgan fingerprint density at radius 3 is 2.60 bits per heavy atom. The number of rotatable bonds is 11. The Morgan fingerprint density at radius 2 is 2.00 bits per heavy atom. The molecule has 0 heterocycles. The highest BCUT2D eigenvalue weighted by molar-refractivity contribution is 6.45. The van der Waals surface area contributed by atoms with Crippen LogP contribution in [0.2, 0.25) is 10.0 Å². The summed E-state index contributed by atoms with van der Waals surface area (Å²) in [5.74, 6) is -0.178. The SMILES string of the molecule is CC=C(NCc1ccc(Cl)c(Cl)c1)NC(=O)C(=NCCCC(=O)OCC)/C(C)=C\N. The first kappa shape index (κ1) is 25.5. The van der Waals surface area contributed by atoms with Crippen LogP contribution in [-0.2, 0) is 20.9 Å². The number of allylic oxidation sites excluding steroid dienone is 1. The van der Waals surface area contributed by atoms with E-state index >= 15 is 0 Å². The van der Waals surface area contributed by atoms with Gasteiger partial charge in [0.15, 0.2) is 0 Å². The monoisotopic (exact) mass is 454 g/mol. The van der Waals surface area contributed by atoms with E-state index in [1.807, 2.05) is 6.07 Å². The lowest BCUT2D eigenvalue weighted by molar-refractivity contribution is -0.143. The molecule has 4 N–H and O–H groups in total. The van der Waals surface area contributed by atoms with Crippen LogP contribution in [0.5, 0.6) is 0 Å². The van der Waals surface area contributed by atoms with Crippen LogP contribution in [0.4, 0.5) is 0 Å². The Labute approximate surface area is 187 Å². The third-order valence-electron chi connectivity index (χ3n) is 3.96. The van der Waals surface area contributed by atoms with Crippen LogP contribution >= 0.6 is 23.2 Å². The number of carbonyl (C=O) groups is 2. The predicted octanol–water partition coefficient (Wildman–Crippen LogP) is 3.71. The molecule has 30 heavy (non-hydrogen) atoms. The Hall–Kier alpha value is -2.51. The van der Waals surface area contributed by atoms with E-state index in [1.165, 1.54) is 6.20 Å². The molecule has 0 aromatic heterocycles. The zero-order chi connectivity index (χ0) is 22.5. The molecule has 0 radical (unpaired) electrons. The molecular formula is C21H28Cl2N4O3. The van der Waals surface area contributed by atoms with Crippen molar-refractivity contribution in [3.63, 3.8) is 0 Å². The maximum Gasteiger partial charge on any atom is 0.305 e. The van der Waals surface area contributed by atoms with E-state index in [0.717, 1.165) is 5.56 Å². The van der Waals surface area contributed by atoms with E-state index in [4.69, 9.17) is 33.7 Å². The number of halogens is 2. The average molecular weight is 455 g/mol. The van der Waals surface area contributed by atoms with Crippen LogP contribution in [0.25, 0.3) is 0 Å². The topological polar surface area (TPSA) is 106 Å². The van der Waals surface area contributed by atoms with Crippen LogP contribution in [0.3, 0.4) is 0 Å². The van der Waals surface area contributed by atoms with Gasteiger partial charge in [0.05, 0.1) is 16.7 Å². The number of aliphatic imine (C=N–C) groups is 1. The lowest BCUT2D eigenvalue weighted by Gasteiger charge is -2.14. The number of amides is 1. The Kier molecular flexibility index (Phi) is 11.6. The van der Waals surface area contributed by atoms with Gasteiger partial charge in [0.1, 0.15) is 11.5 Å². The van der Waals surface area contributed by atoms with Gasteiger partial charge in [-0.05, 0) is 62.7 Å². The standard InChI is InChI=1S/C21H28Cl2N4O3/c1-4-18(26-13-15-8-9-16(22)17(23)11-15)27-21(29)20(14(3)12-24)25-10-6-7-19(28)30-5-2/h4,8-9,11-12,26H,5-7,10,13,24H2,1-3H3,(H,27,29)/b14-12-,18-4?,25-20?. The first-order valence-corrected chi connectivity index (χ1v) is 10.3. The second kappa shape index (κ2) is 13.7. The Bertz CT molecular complexity index is 836.